The monoisotopic (exact) mass is 245 g/mol. The Morgan fingerprint density at radius 2 is 2.28 bits per heavy atom. The average molecular weight is 245 g/mol. The van der Waals surface area contributed by atoms with E-state index in [2.05, 4.69) is 32.8 Å². The lowest BCUT2D eigenvalue weighted by atomic mass is 10.1. The highest BCUT2D eigenvalue weighted by atomic mass is 15.3. The molecule has 1 atom stereocenters. The van der Waals surface area contributed by atoms with Crippen molar-refractivity contribution in [3.63, 3.8) is 0 Å². The summed E-state index contributed by atoms with van der Waals surface area (Å²) in [6.07, 6.45) is 10.5. The van der Waals surface area contributed by atoms with Gasteiger partial charge in [0.25, 0.3) is 0 Å². The lowest BCUT2D eigenvalue weighted by molar-refractivity contribution is 0.240. The summed E-state index contributed by atoms with van der Waals surface area (Å²) in [6.45, 7) is 2.06. The van der Waals surface area contributed by atoms with Crippen LogP contribution in [0, 0.1) is 0 Å². The summed E-state index contributed by atoms with van der Waals surface area (Å²) < 4.78 is 3.98. The summed E-state index contributed by atoms with van der Waals surface area (Å²) >= 11 is 0. The van der Waals surface area contributed by atoms with E-state index in [4.69, 9.17) is 0 Å². The Balaban J connectivity index is 1.77. The smallest absolute Gasteiger partial charge is 0.122 e. The highest BCUT2D eigenvalue weighted by molar-refractivity contribution is 5.12. The van der Waals surface area contributed by atoms with Gasteiger partial charge in [-0.1, -0.05) is 0 Å². The van der Waals surface area contributed by atoms with Crippen molar-refractivity contribution in [2.24, 2.45) is 14.1 Å². The minimum Gasteiger partial charge on any atom is -0.337 e. The largest absolute Gasteiger partial charge is 0.337 e. The molecule has 0 aliphatic carbocycles. The minimum atomic E-state index is 0.496. The van der Waals surface area contributed by atoms with E-state index >= 15 is 0 Å². The highest BCUT2D eigenvalue weighted by Crippen LogP contribution is 2.32. The third-order valence-electron chi connectivity index (χ3n) is 3.74. The molecule has 5 heteroatoms. The number of imidazole rings is 1. The molecular formula is C13H19N5. The number of aryl methyl sites for hydroxylation is 2. The zero-order valence-corrected chi connectivity index (χ0v) is 11.0. The van der Waals surface area contributed by atoms with Gasteiger partial charge in [0.2, 0.25) is 0 Å². The van der Waals surface area contributed by atoms with Crippen molar-refractivity contribution in [1.82, 2.24) is 24.2 Å². The van der Waals surface area contributed by atoms with E-state index in [1.807, 2.05) is 30.3 Å². The van der Waals surface area contributed by atoms with E-state index in [0.717, 1.165) is 18.9 Å². The summed E-state index contributed by atoms with van der Waals surface area (Å²) in [5, 5.41) is 4.28. The van der Waals surface area contributed by atoms with Gasteiger partial charge in [0.05, 0.1) is 12.7 Å². The molecule has 1 fully saturated rings. The number of rotatable bonds is 3. The van der Waals surface area contributed by atoms with Crippen molar-refractivity contribution in [2.75, 3.05) is 6.54 Å². The first-order valence-corrected chi connectivity index (χ1v) is 6.43. The lowest BCUT2D eigenvalue weighted by Gasteiger charge is -2.23. The zero-order valence-electron chi connectivity index (χ0n) is 11.0. The van der Waals surface area contributed by atoms with Gasteiger partial charge < -0.3 is 4.57 Å². The van der Waals surface area contributed by atoms with Crippen LogP contribution < -0.4 is 0 Å². The predicted octanol–water partition coefficient (Wildman–Crippen LogP) is 1.49. The highest BCUT2D eigenvalue weighted by Gasteiger charge is 2.27. The molecule has 1 saturated heterocycles. The van der Waals surface area contributed by atoms with Gasteiger partial charge >= 0.3 is 0 Å². The van der Waals surface area contributed by atoms with E-state index in [1.165, 1.54) is 18.4 Å². The van der Waals surface area contributed by atoms with Crippen molar-refractivity contribution in [3.8, 4) is 0 Å². The molecule has 1 aliphatic rings. The summed E-state index contributed by atoms with van der Waals surface area (Å²) in [4.78, 5) is 6.91. The van der Waals surface area contributed by atoms with Crippen LogP contribution >= 0.6 is 0 Å². The van der Waals surface area contributed by atoms with Crippen LogP contribution in [-0.2, 0) is 20.6 Å². The molecule has 3 heterocycles. The Morgan fingerprint density at radius 1 is 1.39 bits per heavy atom. The van der Waals surface area contributed by atoms with Gasteiger partial charge in [-0.15, -0.1) is 0 Å². The molecule has 0 aromatic carbocycles. The third-order valence-corrected chi connectivity index (χ3v) is 3.74. The predicted molar refractivity (Wildman–Crippen MR) is 68.8 cm³/mol. The Morgan fingerprint density at radius 3 is 2.94 bits per heavy atom. The maximum Gasteiger partial charge on any atom is 0.122 e. The van der Waals surface area contributed by atoms with E-state index < -0.39 is 0 Å². The van der Waals surface area contributed by atoms with E-state index in [0.29, 0.717) is 6.04 Å². The molecule has 3 rings (SSSR count). The molecule has 5 nitrogen and oxygen atoms in total. The van der Waals surface area contributed by atoms with Crippen LogP contribution in [0.4, 0.5) is 0 Å². The Bertz CT molecular complexity index is 527. The molecule has 2 aromatic rings. The second-order valence-electron chi connectivity index (χ2n) is 5.03. The first-order valence-electron chi connectivity index (χ1n) is 6.43. The van der Waals surface area contributed by atoms with Gasteiger partial charge in [-0.2, -0.15) is 5.10 Å². The quantitative estimate of drug-likeness (QED) is 0.822. The molecule has 0 saturated carbocycles. The molecule has 0 N–H and O–H groups in total. The standard InChI is InChI=1S/C13H19N5/c1-16-7-5-14-13(16)10-18-6-3-4-12(18)11-8-15-17(2)9-11/h5,7-9,12H,3-4,6,10H2,1-2H3/t12-/m0/s1. The normalized spacial score (nSPS) is 20.7. The SMILES string of the molecule is Cn1cc([C@@H]2CCCN2Cc2nccn2C)cn1. The molecule has 96 valence electrons. The Labute approximate surface area is 107 Å². The fourth-order valence-corrected chi connectivity index (χ4v) is 2.74. The number of hydrogen-bond acceptors (Lipinski definition) is 3. The average Bonchev–Trinajstić information content (AvgIpc) is 3.03. The van der Waals surface area contributed by atoms with Crippen LogP contribution in [0.25, 0.3) is 0 Å². The first kappa shape index (κ1) is 11.5. The van der Waals surface area contributed by atoms with Gasteiger partial charge in [-0.3, -0.25) is 9.58 Å². The Kier molecular flexibility index (Phi) is 2.91. The van der Waals surface area contributed by atoms with Crippen LogP contribution in [-0.4, -0.2) is 30.8 Å². The molecular weight excluding hydrogens is 226 g/mol. The molecule has 2 aromatic heterocycles. The topological polar surface area (TPSA) is 38.9 Å². The van der Waals surface area contributed by atoms with E-state index in [9.17, 15) is 0 Å². The van der Waals surface area contributed by atoms with E-state index in [-0.39, 0.29) is 0 Å². The van der Waals surface area contributed by atoms with Crippen LogP contribution in [0.2, 0.25) is 0 Å². The van der Waals surface area contributed by atoms with E-state index in [1.54, 1.807) is 0 Å². The summed E-state index contributed by atoms with van der Waals surface area (Å²) in [5.74, 6) is 1.13. The second-order valence-corrected chi connectivity index (χ2v) is 5.03. The summed E-state index contributed by atoms with van der Waals surface area (Å²) in [5.41, 5.74) is 1.32. The Hall–Kier alpha value is -1.62. The number of nitrogens with zero attached hydrogens (tertiary/aromatic N) is 5. The van der Waals surface area contributed by atoms with Crippen molar-refractivity contribution >= 4 is 0 Å². The maximum absolute atomic E-state index is 4.41. The van der Waals surface area contributed by atoms with Gasteiger partial charge in [0.15, 0.2) is 0 Å². The summed E-state index contributed by atoms with van der Waals surface area (Å²) in [7, 11) is 4.03. The maximum atomic E-state index is 4.41. The van der Waals surface area contributed by atoms with Crippen molar-refractivity contribution < 1.29 is 0 Å². The van der Waals surface area contributed by atoms with Gasteiger partial charge in [0, 0.05) is 44.3 Å². The fraction of sp³-hybridized carbons (Fsp3) is 0.538. The first-order chi connectivity index (χ1) is 8.74. The molecule has 1 aliphatic heterocycles. The van der Waals surface area contributed by atoms with Crippen molar-refractivity contribution in [2.45, 2.75) is 25.4 Å². The van der Waals surface area contributed by atoms with Gasteiger partial charge in [-0.05, 0) is 19.4 Å². The molecule has 0 amide bonds. The lowest BCUT2D eigenvalue weighted by Crippen LogP contribution is -2.24. The van der Waals surface area contributed by atoms with Crippen LogP contribution in [0.3, 0.4) is 0 Å². The van der Waals surface area contributed by atoms with Crippen molar-refractivity contribution in [1.29, 1.82) is 0 Å². The van der Waals surface area contributed by atoms with Gasteiger partial charge in [-0.25, -0.2) is 4.98 Å². The minimum absolute atomic E-state index is 0.496. The van der Waals surface area contributed by atoms with Crippen LogP contribution in [0.15, 0.2) is 24.8 Å². The van der Waals surface area contributed by atoms with Gasteiger partial charge in [0.1, 0.15) is 5.82 Å². The third kappa shape index (κ3) is 2.06. The number of aromatic nitrogens is 4. The van der Waals surface area contributed by atoms with Crippen molar-refractivity contribution in [3.05, 3.63) is 36.2 Å². The van der Waals surface area contributed by atoms with Crippen LogP contribution in [0.1, 0.15) is 30.3 Å². The molecule has 0 unspecified atom stereocenters. The number of likely N-dealkylation sites (tertiary alicyclic amines) is 1. The van der Waals surface area contributed by atoms with Crippen LogP contribution in [0.5, 0.6) is 0 Å². The number of hydrogen-bond donors (Lipinski definition) is 0. The molecule has 0 radical (unpaired) electrons. The second kappa shape index (κ2) is 4.57. The molecule has 0 spiro atoms. The molecule has 18 heavy (non-hydrogen) atoms. The fourth-order valence-electron chi connectivity index (χ4n) is 2.74. The molecule has 0 bridgehead atoms. The summed E-state index contributed by atoms with van der Waals surface area (Å²) in [6, 6.07) is 0.496. The zero-order chi connectivity index (χ0) is 12.5.